The minimum atomic E-state index is -0.310. The average Bonchev–Trinajstić information content (AvgIpc) is 2.98. The zero-order chi connectivity index (χ0) is 28.5. The third kappa shape index (κ3) is 11.5. The van der Waals surface area contributed by atoms with E-state index < -0.39 is 0 Å². The van der Waals surface area contributed by atoms with E-state index in [9.17, 15) is 9.18 Å². The van der Waals surface area contributed by atoms with Gasteiger partial charge in [-0.1, -0.05) is 58.0 Å². The number of nitrogens with one attached hydrogen (secondary N) is 1. The fourth-order valence-electron chi connectivity index (χ4n) is 4.07. The van der Waals surface area contributed by atoms with Crippen LogP contribution in [0.3, 0.4) is 0 Å². The molecule has 2 heterocycles. The van der Waals surface area contributed by atoms with Crippen LogP contribution in [0.1, 0.15) is 45.4 Å². The van der Waals surface area contributed by atoms with Gasteiger partial charge in [0.05, 0.1) is 13.0 Å². The Balaban J connectivity index is 0.00000127. The van der Waals surface area contributed by atoms with E-state index in [-0.39, 0.29) is 18.1 Å². The van der Waals surface area contributed by atoms with Crippen LogP contribution in [-0.2, 0) is 17.8 Å². The maximum Gasteiger partial charge on any atom is 0.226 e. The molecule has 0 saturated carbocycles. The Kier molecular flexibility index (Phi) is 14.8. The Morgan fingerprint density at radius 2 is 1.64 bits per heavy atom. The van der Waals surface area contributed by atoms with Gasteiger partial charge in [0.15, 0.2) is 0 Å². The molecule has 0 unspecified atom stereocenters. The molecular weight excluding hydrogens is 491 g/mol. The van der Waals surface area contributed by atoms with E-state index in [1.165, 1.54) is 12.1 Å². The van der Waals surface area contributed by atoms with Crippen LogP contribution in [0, 0.1) is 5.82 Å². The van der Waals surface area contributed by atoms with E-state index in [0.29, 0.717) is 18.8 Å². The van der Waals surface area contributed by atoms with Crippen LogP contribution in [0.2, 0.25) is 0 Å². The number of carbonyl (C=O) groups is 1. The SMILES string of the molecule is CC.CC.CN1CCN(CCCOc2ccc(-c3ccc(CC(=O)NCc4cccc(F)c4)nc3)cc2)CC1. The van der Waals surface area contributed by atoms with Gasteiger partial charge < -0.3 is 19.9 Å². The van der Waals surface area contributed by atoms with E-state index in [2.05, 4.69) is 27.1 Å². The summed E-state index contributed by atoms with van der Waals surface area (Å²) in [4.78, 5) is 21.5. The van der Waals surface area contributed by atoms with Gasteiger partial charge in [-0.3, -0.25) is 9.78 Å². The molecule has 1 N–H and O–H groups in total. The standard InChI is InChI=1S/C28H33FN4O2.2C2H6/c1-32-13-15-33(16-14-32)12-3-17-35-27-10-7-23(8-11-27)24-6-9-26(30-21-24)19-28(34)31-20-22-4-2-5-25(29)18-22;2*1-2/h2,4-11,18,21H,3,12-17,19-20H2,1H3,(H,31,34);2*1-2H3. The lowest BCUT2D eigenvalue weighted by atomic mass is 10.1. The van der Waals surface area contributed by atoms with Crippen molar-refractivity contribution in [2.75, 3.05) is 46.4 Å². The summed E-state index contributed by atoms with van der Waals surface area (Å²) in [6, 6.07) is 18.1. The van der Waals surface area contributed by atoms with Gasteiger partial charge in [0.25, 0.3) is 0 Å². The molecule has 3 aromatic rings. The van der Waals surface area contributed by atoms with Crippen molar-refractivity contribution in [1.29, 1.82) is 0 Å². The second kappa shape index (κ2) is 18.1. The van der Waals surface area contributed by atoms with Gasteiger partial charge in [-0.2, -0.15) is 0 Å². The predicted molar refractivity (Wildman–Crippen MR) is 158 cm³/mol. The number of amides is 1. The maximum atomic E-state index is 13.2. The number of aromatic nitrogens is 1. The van der Waals surface area contributed by atoms with Crippen LogP contribution in [0.25, 0.3) is 11.1 Å². The molecule has 4 rings (SSSR count). The van der Waals surface area contributed by atoms with Gasteiger partial charge in [-0.25, -0.2) is 4.39 Å². The topological polar surface area (TPSA) is 57.7 Å². The molecular formula is C32H45FN4O2. The average molecular weight is 537 g/mol. The van der Waals surface area contributed by atoms with E-state index >= 15 is 0 Å². The predicted octanol–water partition coefficient (Wildman–Crippen LogP) is 5.82. The number of piperazine rings is 1. The Bertz CT molecular complexity index is 1080. The number of carbonyl (C=O) groups excluding carboxylic acids is 1. The Morgan fingerprint density at radius 3 is 2.28 bits per heavy atom. The number of pyridine rings is 1. The molecule has 212 valence electrons. The smallest absolute Gasteiger partial charge is 0.226 e. The second-order valence-electron chi connectivity index (χ2n) is 8.99. The van der Waals surface area contributed by atoms with Gasteiger partial charge in [0, 0.05) is 56.7 Å². The number of halogens is 1. The third-order valence-corrected chi connectivity index (χ3v) is 6.22. The molecule has 39 heavy (non-hydrogen) atoms. The number of ether oxygens (including phenoxy) is 1. The molecule has 0 aliphatic carbocycles. The molecule has 1 aromatic heterocycles. The van der Waals surface area contributed by atoms with E-state index in [4.69, 9.17) is 4.74 Å². The van der Waals surface area contributed by atoms with Crippen LogP contribution in [0.15, 0.2) is 66.9 Å². The molecule has 1 aliphatic heterocycles. The molecule has 0 radical (unpaired) electrons. The lowest BCUT2D eigenvalue weighted by Gasteiger charge is -2.32. The van der Waals surface area contributed by atoms with Crippen LogP contribution < -0.4 is 10.1 Å². The van der Waals surface area contributed by atoms with Crippen LogP contribution in [0.5, 0.6) is 5.75 Å². The minimum Gasteiger partial charge on any atom is -0.494 e. The molecule has 0 spiro atoms. The number of benzene rings is 2. The summed E-state index contributed by atoms with van der Waals surface area (Å²) in [5.41, 5.74) is 3.44. The highest BCUT2D eigenvalue weighted by molar-refractivity contribution is 5.78. The molecule has 1 fully saturated rings. The molecule has 2 aromatic carbocycles. The van der Waals surface area contributed by atoms with Crippen LogP contribution in [0.4, 0.5) is 4.39 Å². The first-order valence-corrected chi connectivity index (χ1v) is 14.2. The Hall–Kier alpha value is -3.29. The largest absolute Gasteiger partial charge is 0.494 e. The van der Waals surface area contributed by atoms with Crippen LogP contribution >= 0.6 is 0 Å². The van der Waals surface area contributed by atoms with Gasteiger partial charge >= 0.3 is 0 Å². The highest BCUT2D eigenvalue weighted by Gasteiger charge is 2.13. The molecule has 1 aliphatic rings. The van der Waals surface area contributed by atoms with Crippen LogP contribution in [-0.4, -0.2) is 67.1 Å². The van der Waals surface area contributed by atoms with E-state index in [1.807, 2.05) is 64.1 Å². The number of nitrogens with zero attached hydrogens (tertiary/aromatic N) is 3. The first-order chi connectivity index (χ1) is 19.0. The first-order valence-electron chi connectivity index (χ1n) is 14.2. The maximum absolute atomic E-state index is 13.2. The molecule has 1 saturated heterocycles. The molecule has 0 atom stereocenters. The van der Waals surface area contributed by atoms with Gasteiger partial charge in [0.1, 0.15) is 11.6 Å². The summed E-state index contributed by atoms with van der Waals surface area (Å²) in [7, 11) is 2.17. The lowest BCUT2D eigenvalue weighted by Crippen LogP contribution is -2.44. The second-order valence-corrected chi connectivity index (χ2v) is 8.99. The first kappa shape index (κ1) is 31.9. The lowest BCUT2D eigenvalue weighted by molar-refractivity contribution is -0.120. The number of hydrogen-bond acceptors (Lipinski definition) is 5. The number of hydrogen-bond donors (Lipinski definition) is 1. The minimum absolute atomic E-state index is 0.149. The van der Waals surface area contributed by atoms with Crippen molar-refractivity contribution >= 4 is 5.91 Å². The Labute approximate surface area is 234 Å². The quantitative estimate of drug-likeness (QED) is 0.331. The highest BCUT2D eigenvalue weighted by atomic mass is 19.1. The normalized spacial score (nSPS) is 13.4. The number of rotatable bonds is 10. The summed E-state index contributed by atoms with van der Waals surface area (Å²) in [6.07, 6.45) is 2.98. The fraction of sp³-hybridized carbons (Fsp3) is 0.438. The zero-order valence-electron chi connectivity index (χ0n) is 24.3. The Morgan fingerprint density at radius 1 is 0.949 bits per heavy atom. The molecule has 0 bridgehead atoms. The molecule has 6 nitrogen and oxygen atoms in total. The summed E-state index contributed by atoms with van der Waals surface area (Å²) in [6.45, 7) is 14.6. The summed E-state index contributed by atoms with van der Waals surface area (Å²) >= 11 is 0. The number of likely N-dealkylation sites (N-methyl/N-ethyl adjacent to an activating group) is 1. The van der Waals surface area contributed by atoms with Crippen molar-refractivity contribution in [2.24, 2.45) is 0 Å². The van der Waals surface area contributed by atoms with Gasteiger partial charge in [-0.05, 0) is 54.9 Å². The summed E-state index contributed by atoms with van der Waals surface area (Å²) in [5, 5.41) is 2.80. The highest BCUT2D eigenvalue weighted by Crippen LogP contribution is 2.22. The summed E-state index contributed by atoms with van der Waals surface area (Å²) < 4.78 is 19.2. The van der Waals surface area contributed by atoms with E-state index in [1.54, 1.807) is 18.3 Å². The van der Waals surface area contributed by atoms with Crippen molar-refractivity contribution < 1.29 is 13.9 Å². The van der Waals surface area contributed by atoms with Crippen molar-refractivity contribution in [2.45, 2.75) is 47.1 Å². The van der Waals surface area contributed by atoms with Crippen molar-refractivity contribution in [3.8, 4) is 16.9 Å². The van der Waals surface area contributed by atoms with E-state index in [0.717, 1.165) is 61.6 Å². The fourth-order valence-corrected chi connectivity index (χ4v) is 4.07. The molecule has 7 heteroatoms. The van der Waals surface area contributed by atoms with Gasteiger partial charge in [-0.15, -0.1) is 0 Å². The monoisotopic (exact) mass is 536 g/mol. The van der Waals surface area contributed by atoms with Crippen molar-refractivity contribution in [3.05, 3.63) is 83.9 Å². The summed E-state index contributed by atoms with van der Waals surface area (Å²) in [5.74, 6) is 0.408. The zero-order valence-corrected chi connectivity index (χ0v) is 24.3. The third-order valence-electron chi connectivity index (χ3n) is 6.22. The van der Waals surface area contributed by atoms with Crippen molar-refractivity contribution in [1.82, 2.24) is 20.1 Å². The van der Waals surface area contributed by atoms with Crippen molar-refractivity contribution in [3.63, 3.8) is 0 Å². The van der Waals surface area contributed by atoms with Gasteiger partial charge in [0.2, 0.25) is 5.91 Å². The molecule has 1 amide bonds.